The molecule has 0 aromatic heterocycles. The molecule has 0 saturated carbocycles. The Labute approximate surface area is 111 Å². The van der Waals surface area contributed by atoms with E-state index in [0.29, 0.717) is 17.9 Å². The van der Waals surface area contributed by atoms with Gasteiger partial charge in [-0.15, -0.1) is 0 Å². The maximum atomic E-state index is 11.8. The maximum absolute atomic E-state index is 11.8. The number of nitrogens with one attached hydrogen (secondary N) is 1. The number of aliphatic hydroxyl groups is 1. The fourth-order valence-electron chi connectivity index (χ4n) is 1.50. The molecule has 6 nitrogen and oxygen atoms in total. The van der Waals surface area contributed by atoms with Gasteiger partial charge in [-0.05, 0) is 31.2 Å². The molecule has 1 rings (SSSR count). The summed E-state index contributed by atoms with van der Waals surface area (Å²) in [7, 11) is 0. The minimum atomic E-state index is -1.17. The largest absolute Gasteiger partial charge is 0.494 e. The summed E-state index contributed by atoms with van der Waals surface area (Å²) in [5.41, 5.74) is 0.340. The molecule has 1 aromatic carbocycles. The molecular weight excluding hydrogens is 250 g/mol. The van der Waals surface area contributed by atoms with Gasteiger partial charge in [0.2, 0.25) is 0 Å². The van der Waals surface area contributed by atoms with Crippen molar-refractivity contribution in [1.29, 1.82) is 0 Å². The van der Waals surface area contributed by atoms with Crippen LogP contribution in [-0.2, 0) is 4.79 Å². The van der Waals surface area contributed by atoms with Crippen LogP contribution in [0.5, 0.6) is 5.75 Å². The molecule has 0 aliphatic rings. The number of ether oxygens (including phenoxy) is 1. The summed E-state index contributed by atoms with van der Waals surface area (Å²) in [6.45, 7) is 2.08. The number of hydrogen-bond acceptors (Lipinski definition) is 4. The number of amides is 1. The molecular formula is C13H17NO5. The van der Waals surface area contributed by atoms with Crippen molar-refractivity contribution in [2.75, 3.05) is 13.2 Å². The van der Waals surface area contributed by atoms with E-state index in [4.69, 9.17) is 14.9 Å². The number of hydrogen-bond donors (Lipinski definition) is 3. The van der Waals surface area contributed by atoms with Crippen LogP contribution < -0.4 is 10.1 Å². The molecule has 0 radical (unpaired) electrons. The van der Waals surface area contributed by atoms with Crippen LogP contribution in [0.15, 0.2) is 24.3 Å². The average molecular weight is 267 g/mol. The van der Waals surface area contributed by atoms with E-state index in [0.717, 1.165) is 0 Å². The van der Waals surface area contributed by atoms with E-state index in [9.17, 15) is 9.59 Å². The van der Waals surface area contributed by atoms with Crippen molar-refractivity contribution in [1.82, 2.24) is 5.32 Å². The van der Waals surface area contributed by atoms with Crippen molar-refractivity contribution in [2.45, 2.75) is 19.4 Å². The van der Waals surface area contributed by atoms with Crippen LogP contribution in [0.25, 0.3) is 0 Å². The summed E-state index contributed by atoms with van der Waals surface area (Å²) < 4.78 is 5.24. The van der Waals surface area contributed by atoms with Gasteiger partial charge >= 0.3 is 5.97 Å². The third-order valence-electron chi connectivity index (χ3n) is 2.45. The molecule has 0 spiro atoms. The normalized spacial score (nSPS) is 11.7. The van der Waals surface area contributed by atoms with Gasteiger partial charge in [0.05, 0.1) is 6.61 Å². The quantitative estimate of drug-likeness (QED) is 0.674. The number of carbonyl (C=O) groups excluding carboxylic acids is 1. The molecule has 0 saturated heterocycles. The highest BCUT2D eigenvalue weighted by atomic mass is 16.5. The summed E-state index contributed by atoms with van der Waals surface area (Å²) in [5, 5.41) is 19.9. The van der Waals surface area contributed by atoms with Crippen molar-refractivity contribution in [3.05, 3.63) is 29.8 Å². The molecule has 0 heterocycles. The first-order valence-electron chi connectivity index (χ1n) is 5.95. The molecule has 0 aliphatic carbocycles. The van der Waals surface area contributed by atoms with Crippen LogP contribution in [0.3, 0.4) is 0 Å². The van der Waals surface area contributed by atoms with E-state index in [1.54, 1.807) is 24.3 Å². The lowest BCUT2D eigenvalue weighted by Crippen LogP contribution is -2.41. The molecule has 0 aliphatic heterocycles. The molecule has 19 heavy (non-hydrogen) atoms. The van der Waals surface area contributed by atoms with Crippen LogP contribution in [0, 0.1) is 0 Å². The zero-order valence-electron chi connectivity index (χ0n) is 10.6. The van der Waals surface area contributed by atoms with Crippen molar-refractivity contribution >= 4 is 11.9 Å². The van der Waals surface area contributed by atoms with Crippen molar-refractivity contribution in [2.24, 2.45) is 0 Å². The van der Waals surface area contributed by atoms with Gasteiger partial charge in [0.15, 0.2) is 0 Å². The molecule has 3 N–H and O–H groups in total. The van der Waals surface area contributed by atoms with E-state index < -0.39 is 17.9 Å². The van der Waals surface area contributed by atoms with E-state index in [-0.39, 0.29) is 13.0 Å². The third kappa shape index (κ3) is 4.59. The smallest absolute Gasteiger partial charge is 0.326 e. The van der Waals surface area contributed by atoms with Gasteiger partial charge in [-0.1, -0.05) is 0 Å². The fraction of sp³-hybridized carbons (Fsp3) is 0.385. The Morgan fingerprint density at radius 3 is 2.42 bits per heavy atom. The number of carboxylic acid groups (broad SMARTS) is 1. The first-order chi connectivity index (χ1) is 9.08. The summed E-state index contributed by atoms with van der Waals surface area (Å²) in [6.07, 6.45) is -0.0297. The Morgan fingerprint density at radius 1 is 1.32 bits per heavy atom. The van der Waals surface area contributed by atoms with E-state index in [2.05, 4.69) is 5.32 Å². The Balaban J connectivity index is 2.68. The van der Waals surface area contributed by atoms with Crippen LogP contribution in [0.1, 0.15) is 23.7 Å². The first kappa shape index (κ1) is 15.0. The maximum Gasteiger partial charge on any atom is 0.326 e. The summed E-state index contributed by atoms with van der Waals surface area (Å²) in [5.74, 6) is -1.03. The molecule has 0 bridgehead atoms. The van der Waals surface area contributed by atoms with Crippen LogP contribution in [0.2, 0.25) is 0 Å². The first-order valence-corrected chi connectivity index (χ1v) is 5.95. The Morgan fingerprint density at radius 2 is 1.95 bits per heavy atom. The highest BCUT2D eigenvalue weighted by Gasteiger charge is 2.19. The van der Waals surface area contributed by atoms with E-state index >= 15 is 0 Å². The molecule has 1 atom stereocenters. The number of aliphatic hydroxyl groups excluding tert-OH is 1. The van der Waals surface area contributed by atoms with Gasteiger partial charge in [0.25, 0.3) is 5.91 Å². The van der Waals surface area contributed by atoms with E-state index in [1.807, 2.05) is 6.92 Å². The predicted octanol–water partition coefficient (Wildman–Crippen LogP) is 0.651. The number of carbonyl (C=O) groups is 2. The zero-order chi connectivity index (χ0) is 14.3. The minimum absolute atomic E-state index is 0.0297. The van der Waals surface area contributed by atoms with Crippen molar-refractivity contribution in [3.63, 3.8) is 0 Å². The Hall–Kier alpha value is -2.08. The number of carboxylic acids is 1. The predicted molar refractivity (Wildman–Crippen MR) is 68.2 cm³/mol. The van der Waals surface area contributed by atoms with Gasteiger partial charge in [-0.25, -0.2) is 4.79 Å². The Bertz CT molecular complexity index is 429. The van der Waals surface area contributed by atoms with Crippen LogP contribution in [-0.4, -0.2) is 41.3 Å². The van der Waals surface area contributed by atoms with Crippen molar-refractivity contribution in [3.8, 4) is 5.75 Å². The Kier molecular flexibility index (Phi) is 5.81. The molecule has 1 amide bonds. The topological polar surface area (TPSA) is 95.9 Å². The molecule has 104 valence electrons. The van der Waals surface area contributed by atoms with Gasteiger partial charge in [0, 0.05) is 18.6 Å². The van der Waals surface area contributed by atoms with Crippen molar-refractivity contribution < 1.29 is 24.5 Å². The highest BCUT2D eigenvalue weighted by Crippen LogP contribution is 2.12. The molecule has 0 fully saturated rings. The lowest BCUT2D eigenvalue weighted by molar-refractivity contribution is -0.139. The minimum Gasteiger partial charge on any atom is -0.494 e. The van der Waals surface area contributed by atoms with Gasteiger partial charge < -0.3 is 20.3 Å². The molecule has 6 heteroatoms. The number of aliphatic carboxylic acids is 1. The lowest BCUT2D eigenvalue weighted by Gasteiger charge is -2.13. The summed E-state index contributed by atoms with van der Waals surface area (Å²) >= 11 is 0. The zero-order valence-corrected chi connectivity index (χ0v) is 10.6. The van der Waals surface area contributed by atoms with Gasteiger partial charge in [0.1, 0.15) is 11.8 Å². The van der Waals surface area contributed by atoms with Gasteiger partial charge in [-0.3, -0.25) is 4.79 Å². The SMILES string of the molecule is CCOc1ccc(C(=O)NC(CCO)C(=O)O)cc1. The highest BCUT2D eigenvalue weighted by molar-refractivity contribution is 5.96. The second-order valence-electron chi connectivity index (χ2n) is 3.83. The monoisotopic (exact) mass is 267 g/mol. The summed E-state index contributed by atoms with van der Waals surface area (Å²) in [6, 6.07) is 5.29. The fourth-order valence-corrected chi connectivity index (χ4v) is 1.50. The number of rotatable bonds is 7. The summed E-state index contributed by atoms with van der Waals surface area (Å²) in [4.78, 5) is 22.7. The second-order valence-corrected chi connectivity index (χ2v) is 3.83. The number of benzene rings is 1. The molecule has 1 unspecified atom stereocenters. The van der Waals surface area contributed by atoms with Crippen LogP contribution >= 0.6 is 0 Å². The molecule has 1 aromatic rings. The van der Waals surface area contributed by atoms with Crippen LogP contribution in [0.4, 0.5) is 0 Å². The van der Waals surface area contributed by atoms with E-state index in [1.165, 1.54) is 0 Å². The lowest BCUT2D eigenvalue weighted by atomic mass is 10.1. The standard InChI is InChI=1S/C13H17NO5/c1-2-19-10-5-3-9(4-6-10)12(16)14-11(7-8-15)13(17)18/h3-6,11,15H,2,7-8H2,1H3,(H,14,16)(H,17,18). The second kappa shape index (κ2) is 7.38. The third-order valence-corrected chi connectivity index (χ3v) is 2.45. The van der Waals surface area contributed by atoms with Gasteiger partial charge in [-0.2, -0.15) is 0 Å². The average Bonchev–Trinajstić information content (AvgIpc) is 2.39.